The topological polar surface area (TPSA) is 109 Å². The number of H-pyrrole nitrogens is 1. The lowest BCUT2D eigenvalue weighted by Crippen LogP contribution is -2.38. The van der Waals surface area contributed by atoms with Crippen molar-refractivity contribution in [3.8, 4) is 5.75 Å². The molecular weight excluding hydrogens is 380 g/mol. The van der Waals surface area contributed by atoms with Crippen molar-refractivity contribution in [2.45, 2.75) is 57.5 Å². The molecule has 3 heterocycles. The predicted octanol–water partition coefficient (Wildman–Crippen LogP) is 1.26. The van der Waals surface area contributed by atoms with Gasteiger partial charge in [0.25, 0.3) is 5.56 Å². The molecule has 2 aromatic rings. The van der Waals surface area contributed by atoms with Crippen molar-refractivity contribution in [3.63, 3.8) is 0 Å². The number of fused-ring (bicyclic) bond motifs is 1. The number of para-hydroxylation sites is 1. The summed E-state index contributed by atoms with van der Waals surface area (Å²) in [7, 11) is 0. The van der Waals surface area contributed by atoms with Crippen molar-refractivity contribution in [1.82, 2.24) is 9.55 Å². The Hall–Kier alpha value is -2.75. The van der Waals surface area contributed by atoms with Crippen molar-refractivity contribution in [2.75, 3.05) is 0 Å². The van der Waals surface area contributed by atoms with E-state index in [1.807, 2.05) is 6.07 Å². The third-order valence-electron chi connectivity index (χ3n) is 4.89. The van der Waals surface area contributed by atoms with Gasteiger partial charge < -0.3 is 18.9 Å². The second-order valence-electron chi connectivity index (χ2n) is 7.60. The van der Waals surface area contributed by atoms with Crippen LogP contribution in [0.2, 0.25) is 0 Å². The van der Waals surface area contributed by atoms with E-state index in [0.717, 1.165) is 0 Å². The summed E-state index contributed by atoms with van der Waals surface area (Å²) in [5.74, 6) is -0.960. The summed E-state index contributed by atoms with van der Waals surface area (Å²) in [6.07, 6.45) is -1.38. The van der Waals surface area contributed by atoms with Crippen molar-refractivity contribution >= 4 is 5.97 Å². The van der Waals surface area contributed by atoms with Crippen LogP contribution in [0.3, 0.4) is 0 Å². The summed E-state index contributed by atoms with van der Waals surface area (Å²) in [5, 5.41) is 0. The molecule has 2 aliphatic heterocycles. The molecule has 1 N–H and O–H groups in total. The van der Waals surface area contributed by atoms with Crippen molar-refractivity contribution in [3.05, 3.63) is 62.9 Å². The molecule has 0 amide bonds. The first-order chi connectivity index (χ1) is 13.7. The quantitative estimate of drug-likeness (QED) is 0.606. The second-order valence-corrected chi connectivity index (χ2v) is 7.60. The summed E-state index contributed by atoms with van der Waals surface area (Å²) >= 11 is 0. The van der Waals surface area contributed by atoms with Crippen LogP contribution in [0.1, 0.15) is 32.1 Å². The van der Waals surface area contributed by atoms with Gasteiger partial charge >= 0.3 is 11.7 Å². The standard InChI is InChI=1S/C20H22N2O7/c1-11-10-22(19(25)21-17(11)24)18-16-15(28-20(2,3)29-16)13(27-18)9-14(23)26-12-7-5-4-6-8-12/h4-8,10,13,15-16,18H,9H2,1-3H3,(H,21,24,25). The van der Waals surface area contributed by atoms with Crippen LogP contribution in [-0.2, 0) is 19.0 Å². The molecule has 9 nitrogen and oxygen atoms in total. The predicted molar refractivity (Wildman–Crippen MR) is 100 cm³/mol. The van der Waals surface area contributed by atoms with Gasteiger partial charge in [-0.15, -0.1) is 0 Å². The van der Waals surface area contributed by atoms with E-state index in [9.17, 15) is 14.4 Å². The summed E-state index contributed by atoms with van der Waals surface area (Å²) < 4.78 is 24.5. The van der Waals surface area contributed by atoms with Gasteiger partial charge in [-0.3, -0.25) is 19.1 Å². The van der Waals surface area contributed by atoms with Crippen molar-refractivity contribution in [2.24, 2.45) is 0 Å². The Morgan fingerprint density at radius 1 is 1.17 bits per heavy atom. The van der Waals surface area contributed by atoms with Crippen LogP contribution in [0.5, 0.6) is 5.75 Å². The number of nitrogens with zero attached hydrogens (tertiary/aromatic N) is 1. The minimum Gasteiger partial charge on any atom is -0.426 e. The molecule has 0 spiro atoms. The Kier molecular flexibility index (Phi) is 4.89. The number of ether oxygens (including phenoxy) is 4. The van der Waals surface area contributed by atoms with Crippen LogP contribution >= 0.6 is 0 Å². The van der Waals surface area contributed by atoms with E-state index < -0.39 is 47.5 Å². The lowest BCUT2D eigenvalue weighted by atomic mass is 10.1. The van der Waals surface area contributed by atoms with Gasteiger partial charge in [0.1, 0.15) is 18.0 Å². The number of nitrogens with one attached hydrogen (secondary N) is 1. The van der Waals surface area contributed by atoms with Crippen LogP contribution in [0.25, 0.3) is 0 Å². The molecule has 154 valence electrons. The molecule has 2 aliphatic rings. The molecule has 4 unspecified atom stereocenters. The maximum absolute atomic E-state index is 12.4. The third kappa shape index (κ3) is 3.89. The molecule has 9 heteroatoms. The van der Waals surface area contributed by atoms with E-state index in [0.29, 0.717) is 11.3 Å². The molecule has 0 saturated carbocycles. The van der Waals surface area contributed by atoms with Crippen LogP contribution in [0.4, 0.5) is 0 Å². The van der Waals surface area contributed by atoms with Gasteiger partial charge in [0.05, 0.1) is 12.5 Å². The number of aromatic amines is 1. The number of rotatable bonds is 4. The fourth-order valence-corrected chi connectivity index (χ4v) is 3.65. The molecule has 0 radical (unpaired) electrons. The molecule has 0 aliphatic carbocycles. The van der Waals surface area contributed by atoms with Gasteiger partial charge in [0.15, 0.2) is 12.0 Å². The van der Waals surface area contributed by atoms with Gasteiger partial charge in [0, 0.05) is 11.8 Å². The minimum atomic E-state index is -0.903. The van der Waals surface area contributed by atoms with E-state index in [4.69, 9.17) is 18.9 Å². The summed E-state index contributed by atoms with van der Waals surface area (Å²) in [5.41, 5.74) is -0.729. The molecular formula is C20H22N2O7. The first-order valence-corrected chi connectivity index (χ1v) is 9.32. The van der Waals surface area contributed by atoms with Crippen molar-refractivity contribution < 1.29 is 23.7 Å². The second kappa shape index (κ2) is 7.25. The van der Waals surface area contributed by atoms with Gasteiger partial charge in [-0.2, -0.15) is 0 Å². The van der Waals surface area contributed by atoms with Crippen LogP contribution in [0.15, 0.2) is 46.1 Å². The highest BCUT2D eigenvalue weighted by molar-refractivity contribution is 5.73. The average Bonchev–Trinajstić information content (AvgIpc) is 3.13. The molecule has 1 aromatic heterocycles. The first-order valence-electron chi connectivity index (χ1n) is 9.32. The molecule has 0 bridgehead atoms. The lowest BCUT2D eigenvalue weighted by Gasteiger charge is -2.24. The summed E-state index contributed by atoms with van der Waals surface area (Å²) in [6, 6.07) is 8.71. The van der Waals surface area contributed by atoms with Gasteiger partial charge in [-0.1, -0.05) is 18.2 Å². The summed E-state index contributed by atoms with van der Waals surface area (Å²) in [6.45, 7) is 5.09. The minimum absolute atomic E-state index is 0.0803. The fourth-order valence-electron chi connectivity index (χ4n) is 3.65. The highest BCUT2D eigenvalue weighted by Crippen LogP contribution is 2.43. The number of carbonyl (C=O) groups excluding carboxylic acids is 1. The third-order valence-corrected chi connectivity index (χ3v) is 4.89. The number of esters is 1. The molecule has 2 fully saturated rings. The monoisotopic (exact) mass is 402 g/mol. The van der Waals surface area contributed by atoms with Crippen molar-refractivity contribution in [1.29, 1.82) is 0 Å². The zero-order chi connectivity index (χ0) is 20.8. The smallest absolute Gasteiger partial charge is 0.330 e. The first kappa shape index (κ1) is 19.6. The number of hydrogen-bond acceptors (Lipinski definition) is 7. The Morgan fingerprint density at radius 2 is 1.86 bits per heavy atom. The van der Waals surface area contributed by atoms with E-state index in [-0.39, 0.29) is 6.42 Å². The van der Waals surface area contributed by atoms with Crippen LogP contribution < -0.4 is 16.0 Å². The average molecular weight is 402 g/mol. The maximum atomic E-state index is 12.4. The number of carbonyl (C=O) groups is 1. The molecule has 2 saturated heterocycles. The Bertz CT molecular complexity index is 1030. The highest BCUT2D eigenvalue weighted by atomic mass is 16.8. The maximum Gasteiger partial charge on any atom is 0.330 e. The largest absolute Gasteiger partial charge is 0.426 e. The lowest BCUT2D eigenvalue weighted by molar-refractivity contribution is -0.199. The SMILES string of the molecule is Cc1cn(C2OC(CC(=O)Oc3ccccc3)C3OC(C)(C)OC32)c(=O)[nH]c1=O. The fraction of sp³-hybridized carbons (Fsp3) is 0.450. The Labute approximate surface area is 166 Å². The molecule has 4 rings (SSSR count). The van der Waals surface area contributed by atoms with Crippen LogP contribution in [0, 0.1) is 6.92 Å². The number of hydrogen-bond donors (Lipinski definition) is 1. The summed E-state index contributed by atoms with van der Waals surface area (Å²) in [4.78, 5) is 38.7. The number of aromatic nitrogens is 2. The van der Waals surface area contributed by atoms with Gasteiger partial charge in [-0.05, 0) is 32.9 Å². The molecule has 29 heavy (non-hydrogen) atoms. The molecule has 4 atom stereocenters. The van der Waals surface area contributed by atoms with E-state index in [1.165, 1.54) is 10.8 Å². The number of aryl methyl sites for hydroxylation is 1. The molecule has 1 aromatic carbocycles. The van der Waals surface area contributed by atoms with Gasteiger partial charge in [-0.25, -0.2) is 4.79 Å². The zero-order valence-electron chi connectivity index (χ0n) is 16.3. The normalized spacial score (nSPS) is 27.6. The van der Waals surface area contributed by atoms with E-state index >= 15 is 0 Å². The zero-order valence-corrected chi connectivity index (χ0v) is 16.3. The van der Waals surface area contributed by atoms with E-state index in [1.54, 1.807) is 45.0 Å². The number of benzene rings is 1. The highest BCUT2D eigenvalue weighted by Gasteiger charge is 2.56. The van der Waals surface area contributed by atoms with Crippen LogP contribution in [-0.4, -0.2) is 39.6 Å². The van der Waals surface area contributed by atoms with Gasteiger partial charge in [0.2, 0.25) is 0 Å². The Balaban J connectivity index is 1.58. The Morgan fingerprint density at radius 3 is 2.59 bits per heavy atom. The van der Waals surface area contributed by atoms with E-state index in [2.05, 4.69) is 4.98 Å².